The van der Waals surface area contributed by atoms with Gasteiger partial charge in [0.2, 0.25) is 0 Å². The zero-order valence-electron chi connectivity index (χ0n) is 7.50. The molecular weight excluding hydrogens is 184 g/mol. The second kappa shape index (κ2) is 2.67. The van der Waals surface area contributed by atoms with Gasteiger partial charge in [-0.25, -0.2) is 0 Å². The Labute approximate surface area is 80.5 Å². The number of carbonyl (C=O) groups is 1. The van der Waals surface area contributed by atoms with Crippen molar-refractivity contribution < 1.29 is 4.79 Å². The van der Waals surface area contributed by atoms with Gasteiger partial charge in [-0.3, -0.25) is 9.79 Å². The van der Waals surface area contributed by atoms with Gasteiger partial charge in [0, 0.05) is 0 Å². The summed E-state index contributed by atoms with van der Waals surface area (Å²) in [5.41, 5.74) is -0.612. The predicted molar refractivity (Wildman–Crippen MR) is 53.1 cm³/mol. The highest BCUT2D eigenvalue weighted by molar-refractivity contribution is 7.12. The van der Waals surface area contributed by atoms with Crippen LogP contribution in [-0.2, 0) is 4.79 Å². The summed E-state index contributed by atoms with van der Waals surface area (Å²) in [6, 6.07) is 3.89. The summed E-state index contributed by atoms with van der Waals surface area (Å²) >= 11 is 1.58. The third-order valence-electron chi connectivity index (χ3n) is 1.93. The summed E-state index contributed by atoms with van der Waals surface area (Å²) in [7, 11) is 0. The summed E-state index contributed by atoms with van der Waals surface area (Å²) in [6.45, 7) is 3.62. The van der Waals surface area contributed by atoms with E-state index in [9.17, 15) is 4.79 Å². The first-order valence-electron chi connectivity index (χ1n) is 4.05. The molecule has 1 N–H and O–H groups in total. The molecule has 1 aromatic rings. The Hall–Kier alpha value is -1.16. The minimum Gasteiger partial charge on any atom is -0.308 e. The molecule has 0 fully saturated rings. The molecule has 2 rings (SSSR count). The molecule has 13 heavy (non-hydrogen) atoms. The van der Waals surface area contributed by atoms with Crippen LogP contribution >= 0.6 is 11.3 Å². The number of rotatable bonds is 1. The minimum atomic E-state index is -0.612. The zero-order chi connectivity index (χ0) is 9.47. The molecule has 0 aromatic carbocycles. The van der Waals surface area contributed by atoms with E-state index in [-0.39, 0.29) is 5.91 Å². The van der Waals surface area contributed by atoms with Crippen molar-refractivity contribution >= 4 is 23.1 Å². The lowest BCUT2D eigenvalue weighted by atomic mass is 10.1. The molecule has 1 amide bonds. The SMILES string of the molecule is CC1(C)N=C(c2cccs2)NC1=O. The molecule has 2 heterocycles. The summed E-state index contributed by atoms with van der Waals surface area (Å²) in [5.74, 6) is 0.668. The molecule has 0 atom stereocenters. The van der Waals surface area contributed by atoms with Crippen LogP contribution in [-0.4, -0.2) is 17.3 Å². The van der Waals surface area contributed by atoms with Gasteiger partial charge in [0.25, 0.3) is 5.91 Å². The Morgan fingerprint density at radius 3 is 2.77 bits per heavy atom. The van der Waals surface area contributed by atoms with Crippen molar-refractivity contribution in [1.29, 1.82) is 0 Å². The first-order chi connectivity index (χ1) is 6.09. The molecule has 0 radical (unpaired) electrons. The molecule has 0 saturated heterocycles. The van der Waals surface area contributed by atoms with Crippen molar-refractivity contribution in [3.05, 3.63) is 22.4 Å². The van der Waals surface area contributed by atoms with Gasteiger partial charge in [0.1, 0.15) is 11.4 Å². The quantitative estimate of drug-likeness (QED) is 0.721. The highest BCUT2D eigenvalue weighted by Crippen LogP contribution is 2.19. The van der Waals surface area contributed by atoms with Crippen LogP contribution in [0.1, 0.15) is 18.7 Å². The fourth-order valence-corrected chi connectivity index (χ4v) is 1.82. The van der Waals surface area contributed by atoms with Crippen LogP contribution in [0.2, 0.25) is 0 Å². The van der Waals surface area contributed by atoms with Crippen LogP contribution in [0.3, 0.4) is 0 Å². The molecule has 0 saturated carbocycles. The number of thiophene rings is 1. The lowest BCUT2D eigenvalue weighted by molar-refractivity contribution is -0.122. The average molecular weight is 194 g/mol. The van der Waals surface area contributed by atoms with Gasteiger partial charge in [0.15, 0.2) is 0 Å². The fourth-order valence-electron chi connectivity index (χ4n) is 1.15. The molecule has 0 aliphatic carbocycles. The Bertz CT molecular complexity index is 365. The molecule has 0 spiro atoms. The molecule has 1 aliphatic heterocycles. The van der Waals surface area contributed by atoms with E-state index >= 15 is 0 Å². The number of amides is 1. The standard InChI is InChI=1S/C9H10N2OS/c1-9(2)8(12)10-7(11-9)6-4-3-5-13-6/h3-5H,1-2H3,(H,10,11,12). The van der Waals surface area contributed by atoms with Gasteiger partial charge >= 0.3 is 0 Å². The summed E-state index contributed by atoms with van der Waals surface area (Å²) in [5, 5.41) is 4.74. The Balaban J connectivity index is 2.35. The molecule has 1 aromatic heterocycles. The summed E-state index contributed by atoms with van der Waals surface area (Å²) in [6.07, 6.45) is 0. The van der Waals surface area contributed by atoms with Gasteiger partial charge in [-0.2, -0.15) is 0 Å². The Morgan fingerprint density at radius 2 is 2.31 bits per heavy atom. The number of aliphatic imine (C=N–C) groups is 1. The molecule has 4 heteroatoms. The van der Waals surface area contributed by atoms with Crippen LogP contribution in [0.25, 0.3) is 0 Å². The first-order valence-corrected chi connectivity index (χ1v) is 4.93. The fraction of sp³-hybridized carbons (Fsp3) is 0.333. The van der Waals surface area contributed by atoms with E-state index in [1.54, 1.807) is 11.3 Å². The molecule has 0 unspecified atom stereocenters. The summed E-state index contributed by atoms with van der Waals surface area (Å²) in [4.78, 5) is 16.7. The van der Waals surface area contributed by atoms with Crippen LogP contribution in [0.15, 0.2) is 22.5 Å². The van der Waals surface area contributed by atoms with Gasteiger partial charge in [-0.05, 0) is 25.3 Å². The smallest absolute Gasteiger partial charge is 0.252 e. The van der Waals surface area contributed by atoms with Gasteiger partial charge in [-0.1, -0.05) is 6.07 Å². The highest BCUT2D eigenvalue weighted by Gasteiger charge is 2.34. The van der Waals surface area contributed by atoms with Gasteiger partial charge in [0.05, 0.1) is 4.88 Å². The van der Waals surface area contributed by atoms with Crippen molar-refractivity contribution in [3.8, 4) is 0 Å². The molecule has 1 aliphatic rings. The van der Waals surface area contributed by atoms with Gasteiger partial charge < -0.3 is 5.32 Å². The normalized spacial score (nSPS) is 19.8. The monoisotopic (exact) mass is 194 g/mol. The van der Waals surface area contributed by atoms with Crippen LogP contribution in [0.4, 0.5) is 0 Å². The number of nitrogens with zero attached hydrogens (tertiary/aromatic N) is 1. The van der Waals surface area contributed by atoms with Crippen molar-refractivity contribution in [3.63, 3.8) is 0 Å². The topological polar surface area (TPSA) is 41.5 Å². The number of amidine groups is 1. The Kier molecular flexibility index (Phi) is 1.73. The van der Waals surface area contributed by atoms with E-state index in [1.165, 1.54) is 0 Å². The van der Waals surface area contributed by atoms with E-state index in [0.717, 1.165) is 4.88 Å². The zero-order valence-corrected chi connectivity index (χ0v) is 8.31. The maximum absolute atomic E-state index is 11.4. The van der Waals surface area contributed by atoms with Crippen LogP contribution in [0, 0.1) is 0 Å². The first kappa shape index (κ1) is 8.44. The van der Waals surface area contributed by atoms with E-state index in [0.29, 0.717) is 5.84 Å². The second-order valence-electron chi connectivity index (χ2n) is 3.45. The second-order valence-corrected chi connectivity index (χ2v) is 4.40. The number of carbonyl (C=O) groups excluding carboxylic acids is 1. The van der Waals surface area contributed by atoms with Crippen molar-refractivity contribution in [1.82, 2.24) is 5.32 Å². The van der Waals surface area contributed by atoms with Crippen molar-refractivity contribution in [2.75, 3.05) is 0 Å². The third kappa shape index (κ3) is 1.37. The predicted octanol–water partition coefficient (Wildman–Crippen LogP) is 1.40. The molecule has 68 valence electrons. The Morgan fingerprint density at radius 1 is 1.54 bits per heavy atom. The van der Waals surface area contributed by atoms with Crippen molar-refractivity contribution in [2.24, 2.45) is 4.99 Å². The summed E-state index contributed by atoms with van der Waals surface area (Å²) < 4.78 is 0. The van der Waals surface area contributed by atoms with E-state index in [4.69, 9.17) is 0 Å². The van der Waals surface area contributed by atoms with Crippen LogP contribution < -0.4 is 5.32 Å². The largest absolute Gasteiger partial charge is 0.308 e. The highest BCUT2D eigenvalue weighted by atomic mass is 32.1. The van der Waals surface area contributed by atoms with E-state index in [2.05, 4.69) is 10.3 Å². The number of nitrogens with one attached hydrogen (secondary N) is 1. The lowest BCUT2D eigenvalue weighted by Gasteiger charge is -2.07. The van der Waals surface area contributed by atoms with Gasteiger partial charge in [-0.15, -0.1) is 11.3 Å². The molecule has 3 nitrogen and oxygen atoms in total. The minimum absolute atomic E-state index is 0.0316. The lowest BCUT2D eigenvalue weighted by Crippen LogP contribution is -2.34. The van der Waals surface area contributed by atoms with E-state index in [1.807, 2.05) is 31.4 Å². The number of hydrogen-bond donors (Lipinski definition) is 1. The number of hydrogen-bond acceptors (Lipinski definition) is 3. The molecule has 0 bridgehead atoms. The van der Waals surface area contributed by atoms with Crippen LogP contribution in [0.5, 0.6) is 0 Å². The third-order valence-corrected chi connectivity index (χ3v) is 2.81. The average Bonchev–Trinajstić information content (AvgIpc) is 2.60. The van der Waals surface area contributed by atoms with Crippen molar-refractivity contribution in [2.45, 2.75) is 19.4 Å². The maximum Gasteiger partial charge on any atom is 0.252 e. The maximum atomic E-state index is 11.4. The molecular formula is C9H10N2OS. The van der Waals surface area contributed by atoms with E-state index < -0.39 is 5.54 Å².